The molecule has 1 N–H and O–H groups in total. The summed E-state index contributed by atoms with van der Waals surface area (Å²) in [7, 11) is 0. The minimum Gasteiger partial charge on any atom is -0.336 e. The molecule has 1 aromatic carbocycles. The third-order valence-electron chi connectivity index (χ3n) is 4.52. The number of benzene rings is 1. The van der Waals surface area contributed by atoms with Gasteiger partial charge >= 0.3 is 0 Å². The maximum absolute atomic E-state index is 13.2. The van der Waals surface area contributed by atoms with Gasteiger partial charge in [-0.1, -0.05) is 12.1 Å². The number of piperazine rings is 1. The summed E-state index contributed by atoms with van der Waals surface area (Å²) in [5.41, 5.74) is 1.32. The summed E-state index contributed by atoms with van der Waals surface area (Å²) in [5, 5.41) is 0. The summed E-state index contributed by atoms with van der Waals surface area (Å²) in [4.78, 5) is 30.2. The molecule has 2 heterocycles. The van der Waals surface area contributed by atoms with Crippen LogP contribution in [0.15, 0.2) is 47.4 Å². The molecule has 1 aliphatic rings. The quantitative estimate of drug-likeness (QED) is 0.902. The van der Waals surface area contributed by atoms with Crippen molar-refractivity contribution in [2.24, 2.45) is 0 Å². The molecule has 3 rings (SSSR count). The summed E-state index contributed by atoms with van der Waals surface area (Å²) in [6.07, 6.45) is 3.29. The first-order chi connectivity index (χ1) is 12.1. The molecule has 25 heavy (non-hydrogen) atoms. The summed E-state index contributed by atoms with van der Waals surface area (Å²) >= 11 is 0. The smallest absolute Gasteiger partial charge is 0.255 e. The fraction of sp³-hybridized carbons (Fsp3) is 0.368. The Morgan fingerprint density at radius 2 is 1.92 bits per heavy atom. The number of nitrogens with one attached hydrogen (secondary N) is 1. The van der Waals surface area contributed by atoms with Crippen LogP contribution in [0.5, 0.6) is 0 Å². The number of hydrogen-bond donors (Lipinski definition) is 1. The normalized spacial score (nSPS) is 15.3. The summed E-state index contributed by atoms with van der Waals surface area (Å²) in [6.45, 7) is 3.96. The maximum atomic E-state index is 13.2. The van der Waals surface area contributed by atoms with Gasteiger partial charge in [-0.2, -0.15) is 0 Å². The van der Waals surface area contributed by atoms with Crippen LogP contribution >= 0.6 is 0 Å². The number of hydrogen-bond acceptors (Lipinski definition) is 3. The fourth-order valence-electron chi connectivity index (χ4n) is 3.10. The molecule has 1 aromatic heterocycles. The number of aryl methyl sites for hydroxylation is 1. The van der Waals surface area contributed by atoms with Gasteiger partial charge in [0, 0.05) is 38.4 Å². The molecule has 132 valence electrons. The van der Waals surface area contributed by atoms with Gasteiger partial charge in [0.05, 0.1) is 5.56 Å². The zero-order chi connectivity index (χ0) is 17.6. The van der Waals surface area contributed by atoms with Gasteiger partial charge in [0.2, 0.25) is 5.56 Å². The van der Waals surface area contributed by atoms with Crippen molar-refractivity contribution in [2.75, 3.05) is 32.7 Å². The Labute approximate surface area is 146 Å². The van der Waals surface area contributed by atoms with Crippen LogP contribution in [0.25, 0.3) is 0 Å². The van der Waals surface area contributed by atoms with Gasteiger partial charge in [-0.3, -0.25) is 14.5 Å². The summed E-state index contributed by atoms with van der Waals surface area (Å²) in [5.74, 6) is -0.234. The van der Waals surface area contributed by atoms with Crippen molar-refractivity contribution in [1.29, 1.82) is 0 Å². The molecular weight excluding hydrogens is 321 g/mol. The fourth-order valence-corrected chi connectivity index (χ4v) is 3.10. The van der Waals surface area contributed by atoms with Crippen molar-refractivity contribution in [3.8, 4) is 0 Å². The number of aromatic nitrogens is 1. The molecule has 1 aliphatic heterocycles. The third-order valence-corrected chi connectivity index (χ3v) is 4.52. The van der Waals surface area contributed by atoms with E-state index in [1.165, 1.54) is 18.3 Å². The number of H-pyrrole nitrogens is 1. The van der Waals surface area contributed by atoms with E-state index in [-0.39, 0.29) is 17.3 Å². The third kappa shape index (κ3) is 4.76. The van der Waals surface area contributed by atoms with Gasteiger partial charge in [-0.05, 0) is 43.1 Å². The van der Waals surface area contributed by atoms with Crippen LogP contribution in [0.4, 0.5) is 4.39 Å². The van der Waals surface area contributed by atoms with Crippen molar-refractivity contribution in [3.63, 3.8) is 0 Å². The molecule has 1 amide bonds. The molecule has 0 atom stereocenters. The lowest BCUT2D eigenvalue weighted by Gasteiger charge is -2.34. The van der Waals surface area contributed by atoms with Gasteiger partial charge in [-0.15, -0.1) is 0 Å². The second-order valence-corrected chi connectivity index (χ2v) is 6.31. The van der Waals surface area contributed by atoms with Crippen molar-refractivity contribution in [1.82, 2.24) is 14.8 Å². The standard InChI is InChI=1S/C19H22FN3O2/c20-17-5-1-3-15(13-17)4-2-8-22-9-11-23(12-10-22)19(25)16-6-7-18(24)21-14-16/h1,3,5-7,13-14H,2,4,8-12H2,(H,21,24). The van der Waals surface area contributed by atoms with Crippen LogP contribution in [0.2, 0.25) is 0 Å². The lowest BCUT2D eigenvalue weighted by Crippen LogP contribution is -2.48. The minimum atomic E-state index is -0.209. The molecular formula is C19H22FN3O2. The van der Waals surface area contributed by atoms with Gasteiger partial charge in [0.1, 0.15) is 5.82 Å². The number of carbonyl (C=O) groups is 1. The Kier molecular flexibility index (Phi) is 5.60. The number of carbonyl (C=O) groups excluding carboxylic acids is 1. The van der Waals surface area contributed by atoms with Gasteiger partial charge in [0.15, 0.2) is 0 Å². The predicted octanol–water partition coefficient (Wildman–Crippen LogP) is 1.90. The van der Waals surface area contributed by atoms with Crippen LogP contribution in [-0.2, 0) is 6.42 Å². The SMILES string of the molecule is O=C(c1ccc(=O)[nH]c1)N1CCN(CCCc2cccc(F)c2)CC1. The Morgan fingerprint density at radius 1 is 1.12 bits per heavy atom. The number of pyridine rings is 1. The second kappa shape index (κ2) is 8.07. The van der Waals surface area contributed by atoms with E-state index < -0.39 is 0 Å². The Morgan fingerprint density at radius 3 is 2.60 bits per heavy atom. The second-order valence-electron chi connectivity index (χ2n) is 6.31. The van der Waals surface area contributed by atoms with Gasteiger partial charge in [-0.25, -0.2) is 4.39 Å². The Bertz CT molecular complexity index is 762. The van der Waals surface area contributed by atoms with Crippen LogP contribution < -0.4 is 5.56 Å². The molecule has 0 bridgehead atoms. The zero-order valence-corrected chi connectivity index (χ0v) is 14.1. The molecule has 5 nitrogen and oxygen atoms in total. The van der Waals surface area contributed by atoms with E-state index in [1.807, 2.05) is 11.0 Å². The highest BCUT2D eigenvalue weighted by Gasteiger charge is 2.21. The first kappa shape index (κ1) is 17.4. The Balaban J connectivity index is 1.43. The molecule has 6 heteroatoms. The van der Waals surface area contributed by atoms with E-state index in [0.717, 1.165) is 38.0 Å². The largest absolute Gasteiger partial charge is 0.336 e. The molecule has 0 spiro atoms. The topological polar surface area (TPSA) is 56.4 Å². The average Bonchev–Trinajstić information content (AvgIpc) is 2.62. The van der Waals surface area contributed by atoms with Crippen LogP contribution in [0.1, 0.15) is 22.3 Å². The Hall–Kier alpha value is -2.47. The number of amides is 1. The van der Waals surface area contributed by atoms with E-state index in [9.17, 15) is 14.0 Å². The van der Waals surface area contributed by atoms with Crippen molar-refractivity contribution in [3.05, 3.63) is 69.9 Å². The van der Waals surface area contributed by atoms with Crippen molar-refractivity contribution < 1.29 is 9.18 Å². The van der Waals surface area contributed by atoms with Gasteiger partial charge in [0.25, 0.3) is 5.91 Å². The maximum Gasteiger partial charge on any atom is 0.255 e. The number of nitrogens with zero attached hydrogens (tertiary/aromatic N) is 2. The van der Waals surface area contributed by atoms with E-state index in [1.54, 1.807) is 18.2 Å². The molecule has 1 saturated heterocycles. The molecule has 0 saturated carbocycles. The lowest BCUT2D eigenvalue weighted by atomic mass is 10.1. The van der Waals surface area contributed by atoms with E-state index in [2.05, 4.69) is 9.88 Å². The van der Waals surface area contributed by atoms with E-state index in [0.29, 0.717) is 18.7 Å². The number of halogens is 1. The van der Waals surface area contributed by atoms with Crippen LogP contribution in [0, 0.1) is 5.82 Å². The highest BCUT2D eigenvalue weighted by Crippen LogP contribution is 2.10. The molecule has 0 radical (unpaired) electrons. The van der Waals surface area contributed by atoms with Crippen LogP contribution in [-0.4, -0.2) is 53.4 Å². The molecule has 0 unspecified atom stereocenters. The first-order valence-electron chi connectivity index (χ1n) is 8.56. The highest BCUT2D eigenvalue weighted by atomic mass is 19.1. The summed E-state index contributed by atoms with van der Waals surface area (Å²) in [6, 6.07) is 9.67. The van der Waals surface area contributed by atoms with E-state index in [4.69, 9.17) is 0 Å². The van der Waals surface area contributed by atoms with Gasteiger partial charge < -0.3 is 9.88 Å². The zero-order valence-electron chi connectivity index (χ0n) is 14.1. The molecule has 2 aromatic rings. The number of aromatic amines is 1. The van der Waals surface area contributed by atoms with Crippen molar-refractivity contribution in [2.45, 2.75) is 12.8 Å². The number of rotatable bonds is 5. The first-order valence-corrected chi connectivity index (χ1v) is 8.56. The molecule has 1 fully saturated rings. The average molecular weight is 343 g/mol. The monoisotopic (exact) mass is 343 g/mol. The predicted molar refractivity (Wildman–Crippen MR) is 94.1 cm³/mol. The van der Waals surface area contributed by atoms with Crippen LogP contribution in [0.3, 0.4) is 0 Å². The van der Waals surface area contributed by atoms with Crippen molar-refractivity contribution >= 4 is 5.91 Å². The highest BCUT2D eigenvalue weighted by molar-refractivity contribution is 5.93. The van der Waals surface area contributed by atoms with E-state index >= 15 is 0 Å². The minimum absolute atomic E-state index is 0.0457. The lowest BCUT2D eigenvalue weighted by molar-refractivity contribution is 0.0635. The summed E-state index contributed by atoms with van der Waals surface area (Å²) < 4.78 is 13.2. The molecule has 0 aliphatic carbocycles.